The highest BCUT2D eigenvalue weighted by atomic mass is 32.2. The van der Waals surface area contributed by atoms with Gasteiger partial charge in [0.2, 0.25) is 21.9 Å². The van der Waals surface area contributed by atoms with Crippen LogP contribution in [0.2, 0.25) is 0 Å². The molecule has 5 aromatic rings. The zero-order chi connectivity index (χ0) is 37.2. The van der Waals surface area contributed by atoms with Crippen LogP contribution in [0, 0.1) is 18.6 Å². The summed E-state index contributed by atoms with van der Waals surface area (Å²) in [5.41, 5.74) is 0.440. The summed E-state index contributed by atoms with van der Waals surface area (Å²) in [6.07, 6.45) is 1.30. The number of nitrogens with one attached hydrogen (secondary N) is 2. The smallest absolute Gasteiger partial charge is 0.410 e. The van der Waals surface area contributed by atoms with Crippen molar-refractivity contribution in [2.24, 2.45) is 0 Å². The van der Waals surface area contributed by atoms with E-state index in [1.807, 2.05) is 0 Å². The highest BCUT2D eigenvalue weighted by molar-refractivity contribution is 7.91. The summed E-state index contributed by atoms with van der Waals surface area (Å²) < 4.78 is 84.5. The number of halogens is 3. The number of rotatable bonds is 9. The Hall–Kier alpha value is -5.44. The summed E-state index contributed by atoms with van der Waals surface area (Å²) in [5.74, 6) is -1.59. The van der Waals surface area contributed by atoms with E-state index in [1.165, 1.54) is 41.6 Å². The highest BCUT2D eigenvalue weighted by Crippen LogP contribution is 2.40. The van der Waals surface area contributed by atoms with E-state index in [4.69, 9.17) is 9.47 Å². The number of ether oxygens (including phenoxy) is 2. The summed E-state index contributed by atoms with van der Waals surface area (Å²) in [7, 11) is -4.23. The summed E-state index contributed by atoms with van der Waals surface area (Å²) >= 11 is 0. The molecule has 2 aromatic heterocycles. The summed E-state index contributed by atoms with van der Waals surface area (Å²) in [6, 6.07) is 15.9. The lowest BCUT2D eigenvalue weighted by Gasteiger charge is -2.36. The molecule has 2 N–H and O–H groups in total. The SMILES string of the molecule is Cc1ccc2c(NS(=O)(=O)Cc3ccccc3F)c(F)ccc2c1Oc1ncccc1-c1ccnc(NC2CC(F)CN(C(=O)OC(C)(C)C)C2)n1. The average Bonchev–Trinajstić information content (AvgIpc) is 3.07. The van der Waals surface area contributed by atoms with E-state index < -0.39 is 51.3 Å². The molecule has 0 spiro atoms. The van der Waals surface area contributed by atoms with Gasteiger partial charge in [-0.1, -0.05) is 30.3 Å². The maximum Gasteiger partial charge on any atom is 0.410 e. The third-order valence-electron chi connectivity index (χ3n) is 8.14. The van der Waals surface area contributed by atoms with E-state index in [0.717, 1.165) is 12.1 Å². The molecule has 1 saturated heterocycles. The molecular weight excluding hydrogens is 698 g/mol. The van der Waals surface area contributed by atoms with Crippen molar-refractivity contribution in [3.05, 3.63) is 102 Å². The average molecular weight is 735 g/mol. The van der Waals surface area contributed by atoms with Gasteiger partial charge in [-0.15, -0.1) is 0 Å². The van der Waals surface area contributed by atoms with Crippen LogP contribution in [-0.4, -0.2) is 65.3 Å². The van der Waals surface area contributed by atoms with E-state index in [9.17, 15) is 22.0 Å². The molecule has 6 rings (SSSR count). The second kappa shape index (κ2) is 14.7. The molecule has 1 amide bonds. The van der Waals surface area contributed by atoms with Crippen molar-refractivity contribution in [1.29, 1.82) is 0 Å². The summed E-state index contributed by atoms with van der Waals surface area (Å²) in [5, 5.41) is 3.73. The summed E-state index contributed by atoms with van der Waals surface area (Å²) in [6.45, 7) is 7.12. The van der Waals surface area contributed by atoms with Gasteiger partial charge in [0.15, 0.2) is 0 Å². The van der Waals surface area contributed by atoms with Gasteiger partial charge in [0.25, 0.3) is 0 Å². The lowest BCUT2D eigenvalue weighted by Crippen LogP contribution is -2.51. The topological polar surface area (TPSA) is 136 Å². The number of carbonyl (C=O) groups excluding carboxylic acids is 1. The number of amides is 1. The van der Waals surface area contributed by atoms with Crippen LogP contribution in [0.3, 0.4) is 0 Å². The van der Waals surface area contributed by atoms with Gasteiger partial charge in [-0.05, 0) is 69.7 Å². The molecule has 3 aromatic carbocycles. The Morgan fingerprint density at radius 2 is 1.71 bits per heavy atom. The van der Waals surface area contributed by atoms with Gasteiger partial charge in [-0.2, -0.15) is 0 Å². The van der Waals surface area contributed by atoms with Crippen molar-refractivity contribution in [1.82, 2.24) is 19.9 Å². The number of fused-ring (bicyclic) bond motifs is 1. The first-order chi connectivity index (χ1) is 24.7. The number of alkyl halides is 1. The van der Waals surface area contributed by atoms with Gasteiger partial charge >= 0.3 is 6.09 Å². The minimum Gasteiger partial charge on any atom is -0.444 e. The van der Waals surface area contributed by atoms with Crippen molar-refractivity contribution in [3.8, 4) is 22.9 Å². The Balaban J connectivity index is 1.26. The second-order valence-corrected chi connectivity index (χ2v) is 15.2. The molecule has 1 aliphatic heterocycles. The first kappa shape index (κ1) is 36.4. The Bertz CT molecular complexity index is 2230. The first-order valence-corrected chi connectivity index (χ1v) is 18.1. The Morgan fingerprint density at radius 3 is 2.48 bits per heavy atom. The molecule has 3 heterocycles. The number of aromatic nitrogens is 3. The van der Waals surface area contributed by atoms with Gasteiger partial charge in [0.05, 0.1) is 29.2 Å². The maximum absolute atomic E-state index is 15.2. The first-order valence-electron chi connectivity index (χ1n) is 16.5. The minimum atomic E-state index is -4.23. The molecule has 15 heteroatoms. The number of hydrogen-bond donors (Lipinski definition) is 2. The van der Waals surface area contributed by atoms with Crippen LogP contribution in [0.5, 0.6) is 11.6 Å². The molecule has 0 radical (unpaired) electrons. The highest BCUT2D eigenvalue weighted by Gasteiger charge is 2.33. The van der Waals surface area contributed by atoms with Crippen LogP contribution in [0.15, 0.2) is 79.1 Å². The number of sulfonamides is 1. The van der Waals surface area contributed by atoms with Crippen molar-refractivity contribution in [2.75, 3.05) is 23.1 Å². The van der Waals surface area contributed by atoms with Crippen molar-refractivity contribution >= 4 is 38.5 Å². The maximum atomic E-state index is 15.2. The predicted octanol–water partition coefficient (Wildman–Crippen LogP) is 7.77. The van der Waals surface area contributed by atoms with E-state index in [1.54, 1.807) is 58.0 Å². The number of piperidine rings is 1. The number of benzene rings is 3. The van der Waals surface area contributed by atoms with E-state index in [2.05, 4.69) is 25.0 Å². The zero-order valence-corrected chi connectivity index (χ0v) is 29.7. The number of aryl methyl sites for hydroxylation is 1. The number of nitrogens with zero attached hydrogens (tertiary/aromatic N) is 4. The van der Waals surface area contributed by atoms with Gasteiger partial charge < -0.3 is 19.7 Å². The second-order valence-electron chi connectivity index (χ2n) is 13.5. The van der Waals surface area contributed by atoms with Crippen LogP contribution in [0.25, 0.3) is 22.0 Å². The molecule has 1 aliphatic rings. The Labute approximate surface area is 299 Å². The standard InChI is InChI=1S/C37H37F3N6O5S/c1-22-11-12-26-27(13-14-30(40)32(26)45-52(48,49)21-23-8-5-6-10-29(23)39)33(22)50-34-28(9-7-16-41-34)31-15-17-42-35(44-31)43-25-18-24(38)19-46(20-25)36(47)51-37(2,3)4/h5-17,24-25,45H,18-21H2,1-4H3,(H,42,43,44). The largest absolute Gasteiger partial charge is 0.444 e. The lowest BCUT2D eigenvalue weighted by molar-refractivity contribution is 0.0124. The number of carbonyl (C=O) groups is 1. The molecular formula is C37H37F3N6O5S. The van der Waals surface area contributed by atoms with Gasteiger partial charge in [-0.25, -0.2) is 41.3 Å². The number of anilines is 2. The molecule has 0 saturated carbocycles. The number of likely N-dealkylation sites (tertiary alicyclic amines) is 1. The number of pyridine rings is 1. The van der Waals surface area contributed by atoms with Crippen molar-refractivity contribution < 1.29 is 35.9 Å². The zero-order valence-electron chi connectivity index (χ0n) is 28.9. The van der Waals surface area contributed by atoms with Gasteiger partial charge in [-0.3, -0.25) is 4.72 Å². The molecule has 11 nitrogen and oxygen atoms in total. The van der Waals surface area contributed by atoms with E-state index >= 15 is 4.39 Å². The third kappa shape index (κ3) is 8.53. The van der Waals surface area contributed by atoms with Crippen molar-refractivity contribution in [3.63, 3.8) is 0 Å². The van der Waals surface area contributed by atoms with Gasteiger partial charge in [0.1, 0.15) is 29.2 Å². The quantitative estimate of drug-likeness (QED) is 0.156. The fourth-order valence-electron chi connectivity index (χ4n) is 5.85. The minimum absolute atomic E-state index is 0.0607. The molecule has 0 aliphatic carbocycles. The van der Waals surface area contributed by atoms with Crippen LogP contribution in [-0.2, 0) is 20.5 Å². The van der Waals surface area contributed by atoms with Crippen LogP contribution in [0.1, 0.15) is 38.3 Å². The fraction of sp³-hybridized carbons (Fsp3) is 0.297. The lowest BCUT2D eigenvalue weighted by atomic mass is 10.0. The van der Waals surface area contributed by atoms with E-state index in [-0.39, 0.29) is 53.7 Å². The Morgan fingerprint density at radius 1 is 0.942 bits per heavy atom. The molecule has 1 fully saturated rings. The van der Waals surface area contributed by atoms with Crippen molar-refractivity contribution in [2.45, 2.75) is 57.7 Å². The molecule has 2 unspecified atom stereocenters. The number of hydrogen-bond acceptors (Lipinski definition) is 9. The molecule has 272 valence electrons. The molecule has 0 bridgehead atoms. The van der Waals surface area contributed by atoms with Crippen LogP contribution in [0.4, 0.5) is 29.6 Å². The normalized spacial score (nSPS) is 16.4. The van der Waals surface area contributed by atoms with Crippen LogP contribution < -0.4 is 14.8 Å². The summed E-state index contributed by atoms with van der Waals surface area (Å²) in [4.78, 5) is 27.4. The van der Waals surface area contributed by atoms with E-state index in [0.29, 0.717) is 22.2 Å². The fourth-order valence-corrected chi connectivity index (χ4v) is 7.09. The third-order valence-corrected chi connectivity index (χ3v) is 9.35. The predicted molar refractivity (Wildman–Crippen MR) is 191 cm³/mol. The Kier molecular flexibility index (Phi) is 10.2. The molecule has 2 atom stereocenters. The molecule has 52 heavy (non-hydrogen) atoms. The van der Waals surface area contributed by atoms with Gasteiger partial charge in [0, 0.05) is 47.7 Å². The monoisotopic (exact) mass is 734 g/mol. The van der Waals surface area contributed by atoms with Crippen LogP contribution >= 0.6 is 0 Å².